The summed E-state index contributed by atoms with van der Waals surface area (Å²) >= 11 is 9.17. The van der Waals surface area contributed by atoms with Crippen LogP contribution in [0.1, 0.15) is 0 Å². The third-order valence-corrected chi connectivity index (χ3v) is 2.99. The fraction of sp³-hybridized carbons (Fsp3) is 0.273. The van der Waals surface area contributed by atoms with Crippen molar-refractivity contribution in [3.8, 4) is 0 Å². The molecule has 0 aliphatic carbocycles. The number of carboxylic acids is 1. The second-order valence-corrected chi connectivity index (χ2v) is 4.84. The minimum atomic E-state index is -1.15. The third-order valence-electron chi connectivity index (χ3n) is 2.19. The van der Waals surface area contributed by atoms with Gasteiger partial charge in [0, 0.05) is 11.6 Å². The van der Waals surface area contributed by atoms with Crippen molar-refractivity contribution in [2.24, 2.45) is 0 Å². The Morgan fingerprint density at radius 3 is 2.74 bits per heavy atom. The summed E-state index contributed by atoms with van der Waals surface area (Å²) in [6.45, 7) is -0.147. The Bertz CT molecular complexity index is 484. The van der Waals surface area contributed by atoms with E-state index in [0.717, 1.165) is 4.47 Å². The highest BCUT2D eigenvalue weighted by atomic mass is 79.9. The monoisotopic (exact) mass is 350 g/mol. The molecule has 0 saturated carbocycles. The van der Waals surface area contributed by atoms with Gasteiger partial charge in [0.2, 0.25) is 0 Å². The molecule has 3 N–H and O–H groups in total. The highest BCUT2D eigenvalue weighted by molar-refractivity contribution is 9.10. The SMILES string of the molecule is COC(CNC(=O)Nc1ccc(Br)cc1Cl)C(=O)O. The largest absolute Gasteiger partial charge is 0.479 e. The maximum atomic E-state index is 11.6. The van der Waals surface area contributed by atoms with Gasteiger partial charge in [-0.3, -0.25) is 0 Å². The third kappa shape index (κ3) is 5.06. The smallest absolute Gasteiger partial charge is 0.334 e. The molecule has 0 fully saturated rings. The van der Waals surface area contributed by atoms with Crippen LogP contribution in [0.25, 0.3) is 0 Å². The highest BCUT2D eigenvalue weighted by Crippen LogP contribution is 2.25. The van der Waals surface area contributed by atoms with Gasteiger partial charge in [0.1, 0.15) is 0 Å². The van der Waals surface area contributed by atoms with Gasteiger partial charge in [0.25, 0.3) is 0 Å². The quantitative estimate of drug-likeness (QED) is 0.760. The number of hydrogen-bond acceptors (Lipinski definition) is 3. The van der Waals surface area contributed by atoms with E-state index in [4.69, 9.17) is 16.7 Å². The van der Waals surface area contributed by atoms with Gasteiger partial charge in [0.15, 0.2) is 6.10 Å². The van der Waals surface area contributed by atoms with Crippen LogP contribution in [0, 0.1) is 0 Å². The van der Waals surface area contributed by atoms with E-state index in [2.05, 4.69) is 31.3 Å². The Morgan fingerprint density at radius 2 is 2.21 bits per heavy atom. The number of methoxy groups -OCH3 is 1. The Balaban J connectivity index is 2.53. The van der Waals surface area contributed by atoms with Gasteiger partial charge < -0.3 is 20.5 Å². The molecule has 8 heteroatoms. The molecule has 0 aromatic heterocycles. The number of carbonyl (C=O) groups is 2. The number of carbonyl (C=O) groups excluding carboxylic acids is 1. The average Bonchev–Trinajstić information content (AvgIpc) is 2.33. The van der Waals surface area contributed by atoms with Crippen LogP contribution in [-0.2, 0) is 9.53 Å². The molecule has 6 nitrogen and oxygen atoms in total. The van der Waals surface area contributed by atoms with Crippen LogP contribution in [0.15, 0.2) is 22.7 Å². The van der Waals surface area contributed by atoms with E-state index in [1.54, 1.807) is 18.2 Å². The molecule has 2 amide bonds. The first-order valence-corrected chi connectivity index (χ1v) is 6.36. The van der Waals surface area contributed by atoms with Crippen molar-refractivity contribution in [3.63, 3.8) is 0 Å². The van der Waals surface area contributed by atoms with Crippen molar-refractivity contribution >= 4 is 45.2 Å². The van der Waals surface area contributed by atoms with E-state index >= 15 is 0 Å². The maximum Gasteiger partial charge on any atom is 0.334 e. The van der Waals surface area contributed by atoms with Crippen LogP contribution in [0.4, 0.5) is 10.5 Å². The Kier molecular flexibility index (Phi) is 6.07. The highest BCUT2D eigenvalue weighted by Gasteiger charge is 2.17. The second kappa shape index (κ2) is 7.32. The van der Waals surface area contributed by atoms with Gasteiger partial charge in [-0.2, -0.15) is 0 Å². The number of aliphatic carboxylic acids is 1. The predicted molar refractivity (Wildman–Crippen MR) is 74.6 cm³/mol. The summed E-state index contributed by atoms with van der Waals surface area (Å²) in [6, 6.07) is 4.41. The van der Waals surface area contributed by atoms with Crippen molar-refractivity contribution in [2.45, 2.75) is 6.10 Å². The first-order chi connectivity index (χ1) is 8.93. The van der Waals surface area contributed by atoms with Crippen molar-refractivity contribution in [1.82, 2.24) is 5.32 Å². The van der Waals surface area contributed by atoms with Crippen LogP contribution in [0.5, 0.6) is 0 Å². The molecule has 0 aliphatic heterocycles. The molecule has 1 aromatic carbocycles. The predicted octanol–water partition coefficient (Wildman–Crippen LogP) is 2.32. The zero-order valence-electron chi connectivity index (χ0n) is 9.94. The first-order valence-electron chi connectivity index (χ1n) is 5.19. The molecule has 19 heavy (non-hydrogen) atoms. The number of rotatable bonds is 5. The Hall–Kier alpha value is -1.31. The number of halogens is 2. The molecular formula is C11H12BrClN2O4. The number of benzene rings is 1. The fourth-order valence-electron chi connectivity index (χ4n) is 1.21. The molecule has 1 atom stereocenters. The zero-order valence-corrected chi connectivity index (χ0v) is 12.3. The lowest BCUT2D eigenvalue weighted by molar-refractivity contribution is -0.147. The fourth-order valence-corrected chi connectivity index (χ4v) is 1.93. The lowest BCUT2D eigenvalue weighted by Gasteiger charge is -2.13. The number of ether oxygens (including phenoxy) is 1. The van der Waals surface area contributed by atoms with Gasteiger partial charge in [-0.15, -0.1) is 0 Å². The summed E-state index contributed by atoms with van der Waals surface area (Å²) in [5.41, 5.74) is 0.423. The number of amides is 2. The van der Waals surface area contributed by atoms with Crippen LogP contribution in [-0.4, -0.2) is 36.9 Å². The molecule has 0 spiro atoms. The minimum Gasteiger partial charge on any atom is -0.479 e. The van der Waals surface area contributed by atoms with Gasteiger partial charge in [0.05, 0.1) is 17.3 Å². The molecule has 1 aromatic rings. The summed E-state index contributed by atoms with van der Waals surface area (Å²) in [4.78, 5) is 22.2. The Labute approximate surface area is 123 Å². The molecule has 0 bridgehead atoms. The summed E-state index contributed by atoms with van der Waals surface area (Å²) in [5.74, 6) is -1.15. The molecule has 0 saturated heterocycles. The molecule has 0 heterocycles. The molecule has 1 rings (SSSR count). The van der Waals surface area contributed by atoms with E-state index in [0.29, 0.717) is 10.7 Å². The van der Waals surface area contributed by atoms with E-state index in [1.807, 2.05) is 0 Å². The number of anilines is 1. The van der Waals surface area contributed by atoms with Gasteiger partial charge in [-0.25, -0.2) is 9.59 Å². The maximum absolute atomic E-state index is 11.6. The summed E-state index contributed by atoms with van der Waals surface area (Å²) in [6.07, 6.45) is -1.09. The molecule has 0 radical (unpaired) electrons. The lowest BCUT2D eigenvalue weighted by atomic mass is 10.3. The Morgan fingerprint density at radius 1 is 1.53 bits per heavy atom. The van der Waals surface area contributed by atoms with Crippen molar-refractivity contribution in [2.75, 3.05) is 19.0 Å². The van der Waals surface area contributed by atoms with E-state index in [9.17, 15) is 9.59 Å². The van der Waals surface area contributed by atoms with Gasteiger partial charge >= 0.3 is 12.0 Å². The van der Waals surface area contributed by atoms with Crippen LogP contribution < -0.4 is 10.6 Å². The normalized spacial score (nSPS) is 11.7. The zero-order chi connectivity index (χ0) is 14.4. The molecular weight excluding hydrogens is 339 g/mol. The number of nitrogens with one attached hydrogen (secondary N) is 2. The summed E-state index contributed by atoms with van der Waals surface area (Å²) in [5, 5.41) is 14.0. The molecule has 0 aliphatic rings. The molecule has 104 valence electrons. The van der Waals surface area contributed by atoms with Crippen molar-refractivity contribution < 1.29 is 19.4 Å². The number of carboxylic acid groups (broad SMARTS) is 1. The second-order valence-electron chi connectivity index (χ2n) is 3.52. The number of urea groups is 1. The van der Waals surface area contributed by atoms with E-state index < -0.39 is 18.1 Å². The topological polar surface area (TPSA) is 87.7 Å². The summed E-state index contributed by atoms with van der Waals surface area (Å²) in [7, 11) is 1.25. The average molecular weight is 352 g/mol. The molecule has 1 unspecified atom stereocenters. The lowest BCUT2D eigenvalue weighted by Crippen LogP contribution is -2.39. The number of hydrogen-bond donors (Lipinski definition) is 3. The van der Waals surface area contributed by atoms with Gasteiger partial charge in [-0.05, 0) is 18.2 Å². The van der Waals surface area contributed by atoms with Gasteiger partial charge in [-0.1, -0.05) is 27.5 Å². The van der Waals surface area contributed by atoms with Crippen molar-refractivity contribution in [1.29, 1.82) is 0 Å². The van der Waals surface area contributed by atoms with Crippen LogP contribution in [0.3, 0.4) is 0 Å². The van der Waals surface area contributed by atoms with E-state index in [1.165, 1.54) is 7.11 Å². The van der Waals surface area contributed by atoms with Crippen LogP contribution >= 0.6 is 27.5 Å². The standard InChI is InChI=1S/C11H12BrClN2O4/c1-19-9(10(16)17)5-14-11(18)15-8-3-2-6(12)4-7(8)13/h2-4,9H,5H2,1H3,(H,16,17)(H2,14,15,18). The minimum absolute atomic E-state index is 0.147. The van der Waals surface area contributed by atoms with Crippen molar-refractivity contribution in [3.05, 3.63) is 27.7 Å². The van der Waals surface area contributed by atoms with E-state index in [-0.39, 0.29) is 6.54 Å². The summed E-state index contributed by atoms with van der Waals surface area (Å²) < 4.78 is 5.46. The first kappa shape index (κ1) is 15.7. The van der Waals surface area contributed by atoms with Crippen LogP contribution in [0.2, 0.25) is 5.02 Å².